The van der Waals surface area contributed by atoms with Crippen LogP contribution in [-0.2, 0) is 0 Å². The van der Waals surface area contributed by atoms with Gasteiger partial charge in [-0.25, -0.2) is 4.98 Å². The maximum atomic E-state index is 12.9. The van der Waals surface area contributed by atoms with Crippen molar-refractivity contribution in [2.75, 3.05) is 0 Å². The van der Waals surface area contributed by atoms with E-state index < -0.39 is 0 Å². The van der Waals surface area contributed by atoms with E-state index in [4.69, 9.17) is 4.98 Å². The van der Waals surface area contributed by atoms with Crippen molar-refractivity contribution in [2.45, 2.75) is 39.5 Å². The molecule has 0 spiro atoms. The summed E-state index contributed by atoms with van der Waals surface area (Å²) in [5.41, 5.74) is 3.36. The maximum absolute atomic E-state index is 12.9. The molecular weight excluding hydrogens is 298 g/mol. The minimum absolute atomic E-state index is 0.00754. The number of nitrogens with zero attached hydrogens (tertiary/aromatic N) is 2. The zero-order valence-corrected chi connectivity index (χ0v) is 14.8. The van der Waals surface area contributed by atoms with Crippen LogP contribution >= 0.6 is 0 Å². The summed E-state index contributed by atoms with van der Waals surface area (Å²) in [5.74, 6) is 0.877. The van der Waals surface area contributed by atoms with Gasteiger partial charge in [0.1, 0.15) is 0 Å². The molecule has 4 nitrogen and oxygen atoms in total. The molecule has 0 radical (unpaired) electrons. The topological polar surface area (TPSA) is 50.2 Å². The fraction of sp³-hybridized carbons (Fsp3) is 0.300. The molecule has 0 saturated heterocycles. The van der Waals surface area contributed by atoms with E-state index in [1.165, 1.54) is 0 Å². The summed E-state index contributed by atoms with van der Waals surface area (Å²) >= 11 is 0. The Morgan fingerprint density at radius 3 is 2.46 bits per heavy atom. The molecule has 0 bridgehead atoms. The van der Waals surface area contributed by atoms with Crippen LogP contribution in [0.5, 0.6) is 0 Å². The van der Waals surface area contributed by atoms with Gasteiger partial charge in [0.25, 0.3) is 5.56 Å². The largest absolute Gasteiger partial charge is 0.323 e. The van der Waals surface area contributed by atoms with Crippen molar-refractivity contribution in [3.05, 3.63) is 77.0 Å². The third kappa shape index (κ3) is 3.32. The normalized spacial score (nSPS) is 12.7. The molecule has 2 aromatic rings. The second kappa shape index (κ2) is 7.30. The van der Waals surface area contributed by atoms with Crippen LogP contribution in [0.3, 0.4) is 0 Å². The van der Waals surface area contributed by atoms with Crippen LogP contribution in [0.1, 0.15) is 56.5 Å². The van der Waals surface area contributed by atoms with Crippen molar-refractivity contribution < 1.29 is 0 Å². The Hall–Kier alpha value is -2.62. The summed E-state index contributed by atoms with van der Waals surface area (Å²) in [5, 5.41) is 0. The molecule has 0 aliphatic heterocycles. The van der Waals surface area contributed by atoms with Crippen molar-refractivity contribution in [2.24, 2.45) is 0 Å². The molecule has 0 aliphatic carbocycles. The molecule has 0 aliphatic rings. The van der Waals surface area contributed by atoms with Crippen molar-refractivity contribution in [3.8, 4) is 0 Å². The zero-order valence-electron chi connectivity index (χ0n) is 14.8. The Labute approximate surface area is 143 Å². The van der Waals surface area contributed by atoms with E-state index >= 15 is 0 Å². The molecule has 2 rings (SSSR count). The lowest BCUT2D eigenvalue weighted by Gasteiger charge is -2.13. The van der Waals surface area contributed by atoms with E-state index in [9.17, 15) is 4.79 Å². The molecule has 0 aromatic carbocycles. The summed E-state index contributed by atoms with van der Waals surface area (Å²) in [6.07, 6.45) is 10.8. The number of aromatic nitrogens is 3. The Morgan fingerprint density at radius 2 is 1.92 bits per heavy atom. The van der Waals surface area contributed by atoms with Crippen LogP contribution in [0.4, 0.5) is 0 Å². The van der Waals surface area contributed by atoms with E-state index in [0.717, 1.165) is 22.5 Å². The van der Waals surface area contributed by atoms with Gasteiger partial charge in [0, 0.05) is 11.8 Å². The van der Waals surface area contributed by atoms with Gasteiger partial charge in [0.2, 0.25) is 5.78 Å². The maximum Gasteiger partial charge on any atom is 0.262 e. The first-order chi connectivity index (χ1) is 11.4. The number of H-pyrrole nitrogens is 1. The average Bonchev–Trinajstić information content (AvgIpc) is 2.95. The van der Waals surface area contributed by atoms with Gasteiger partial charge in [-0.05, 0) is 17.4 Å². The van der Waals surface area contributed by atoms with Crippen molar-refractivity contribution >= 4 is 11.4 Å². The number of allylic oxidation sites excluding steroid dienone is 6. The van der Waals surface area contributed by atoms with Gasteiger partial charge < -0.3 is 4.98 Å². The average molecular weight is 323 g/mol. The quantitative estimate of drug-likeness (QED) is 0.791. The molecule has 0 atom stereocenters. The predicted molar refractivity (Wildman–Crippen MR) is 102 cm³/mol. The van der Waals surface area contributed by atoms with E-state index in [2.05, 4.69) is 32.0 Å². The van der Waals surface area contributed by atoms with Crippen molar-refractivity contribution in [1.29, 1.82) is 0 Å². The Kier molecular flexibility index (Phi) is 5.39. The Morgan fingerprint density at radius 1 is 1.21 bits per heavy atom. The first-order valence-electron chi connectivity index (χ1n) is 8.18. The van der Waals surface area contributed by atoms with Gasteiger partial charge in [-0.2, -0.15) is 0 Å². The second-order valence-electron chi connectivity index (χ2n) is 6.34. The molecule has 0 unspecified atom stereocenters. The Bertz CT molecular complexity index is 876. The second-order valence-corrected chi connectivity index (χ2v) is 6.34. The molecule has 126 valence electrons. The first-order valence-corrected chi connectivity index (χ1v) is 8.18. The molecule has 2 heterocycles. The highest BCUT2D eigenvalue weighted by Crippen LogP contribution is 2.23. The van der Waals surface area contributed by atoms with Crippen LogP contribution in [0, 0.1) is 0 Å². The minimum atomic E-state index is -0.00754. The van der Waals surface area contributed by atoms with Crippen LogP contribution < -0.4 is 5.56 Å². The van der Waals surface area contributed by atoms with Crippen molar-refractivity contribution in [3.63, 3.8) is 0 Å². The monoisotopic (exact) mass is 323 g/mol. The number of fused-ring (bicyclic) bond motifs is 1. The minimum Gasteiger partial charge on any atom is -0.323 e. The van der Waals surface area contributed by atoms with Crippen LogP contribution in [0.15, 0.2) is 54.5 Å². The van der Waals surface area contributed by atoms with Gasteiger partial charge in [0.15, 0.2) is 0 Å². The highest BCUT2D eigenvalue weighted by Gasteiger charge is 2.19. The third-order valence-electron chi connectivity index (χ3n) is 3.83. The van der Waals surface area contributed by atoms with Gasteiger partial charge in [-0.15, -0.1) is 0 Å². The molecule has 0 fully saturated rings. The lowest BCUT2D eigenvalue weighted by atomic mass is 9.97. The summed E-state index contributed by atoms with van der Waals surface area (Å²) in [7, 11) is 0. The number of imidazole rings is 1. The van der Waals surface area contributed by atoms with E-state index in [-0.39, 0.29) is 17.4 Å². The fourth-order valence-corrected chi connectivity index (χ4v) is 2.72. The summed E-state index contributed by atoms with van der Waals surface area (Å²) in [6, 6.07) is 0. The highest BCUT2D eigenvalue weighted by atomic mass is 16.1. The van der Waals surface area contributed by atoms with E-state index in [1.54, 1.807) is 22.7 Å². The Balaban J connectivity index is 2.75. The number of hydrogen-bond acceptors (Lipinski definition) is 2. The molecular formula is C20H25N3O. The smallest absolute Gasteiger partial charge is 0.262 e. The van der Waals surface area contributed by atoms with E-state index in [1.807, 2.05) is 32.1 Å². The first kappa shape index (κ1) is 17.7. The van der Waals surface area contributed by atoms with Gasteiger partial charge in [0.05, 0.1) is 11.4 Å². The van der Waals surface area contributed by atoms with Gasteiger partial charge >= 0.3 is 0 Å². The van der Waals surface area contributed by atoms with Crippen LogP contribution in [0.25, 0.3) is 11.4 Å². The van der Waals surface area contributed by atoms with Crippen LogP contribution in [0.2, 0.25) is 0 Å². The van der Waals surface area contributed by atoms with E-state index in [0.29, 0.717) is 5.78 Å². The molecule has 1 N–H and O–H groups in total. The predicted octanol–water partition coefficient (Wildman–Crippen LogP) is 4.58. The molecule has 4 heteroatoms. The zero-order chi connectivity index (χ0) is 17.9. The molecule has 0 saturated carbocycles. The number of rotatable bonds is 6. The molecule has 0 amide bonds. The summed E-state index contributed by atoms with van der Waals surface area (Å²) in [4.78, 5) is 20.9. The standard InChI is InChI=1S/C20H25N3O/c1-7-9-11-15(10-8-2)16-12-23-19(24)17(13(3)4)18(14(5)6)22-20(23)21-16/h7-14H,1-2H2,3-6H3,(H,21,22)/b11-9-,15-10+. The highest BCUT2D eigenvalue weighted by molar-refractivity contribution is 5.74. The number of nitrogens with one attached hydrogen (secondary N) is 1. The number of hydrogen-bond donors (Lipinski definition) is 1. The molecule has 2 aromatic heterocycles. The lowest BCUT2D eigenvalue weighted by molar-refractivity contribution is 0.735. The SMILES string of the molecule is C=C/C=C\C(=C/C=C)c1cn2c(=O)c(C(C)C)c(C(C)C)nc2[nH]1. The van der Waals surface area contributed by atoms with Crippen LogP contribution in [-0.4, -0.2) is 14.4 Å². The van der Waals surface area contributed by atoms with Crippen molar-refractivity contribution in [1.82, 2.24) is 14.4 Å². The lowest BCUT2D eigenvalue weighted by Crippen LogP contribution is -2.23. The molecule has 24 heavy (non-hydrogen) atoms. The summed E-state index contributed by atoms with van der Waals surface area (Å²) in [6.45, 7) is 15.6. The van der Waals surface area contributed by atoms with Gasteiger partial charge in [-0.3, -0.25) is 9.20 Å². The summed E-state index contributed by atoms with van der Waals surface area (Å²) < 4.78 is 1.59. The fourth-order valence-electron chi connectivity index (χ4n) is 2.72. The van der Waals surface area contributed by atoms with Gasteiger partial charge in [-0.1, -0.05) is 71.2 Å². The number of aromatic amines is 1. The third-order valence-corrected chi connectivity index (χ3v) is 3.83.